The third kappa shape index (κ3) is 25.4. The molecule has 0 aromatic rings. The highest BCUT2D eigenvalue weighted by atomic mass is 14.8. The molecule has 0 amide bonds. The second-order valence-electron chi connectivity index (χ2n) is 9.09. The van der Waals surface area contributed by atoms with E-state index >= 15 is 0 Å². The lowest BCUT2D eigenvalue weighted by molar-refractivity contribution is 0.544. The maximum atomic E-state index is 4.30. The van der Waals surface area contributed by atoms with Crippen molar-refractivity contribution in [1.82, 2.24) is 5.32 Å². The number of rotatable bonds is 25. The van der Waals surface area contributed by atoms with Crippen LogP contribution in [0, 0.1) is 0 Å². The average Bonchev–Trinajstić information content (AvgIpc) is 2.72. The van der Waals surface area contributed by atoms with Gasteiger partial charge in [-0.15, -0.1) is 6.58 Å². The lowest BCUT2D eigenvalue weighted by Crippen LogP contribution is -2.16. The Morgan fingerprint density at radius 2 is 1.00 bits per heavy atom. The molecule has 0 bridgehead atoms. The number of hydrogen-bond donors (Lipinski definition) is 1. The van der Waals surface area contributed by atoms with E-state index in [2.05, 4.69) is 25.4 Å². The van der Waals surface area contributed by atoms with Gasteiger partial charge in [-0.25, -0.2) is 0 Å². The van der Waals surface area contributed by atoms with Gasteiger partial charge in [0.25, 0.3) is 0 Å². The first-order valence-corrected chi connectivity index (χ1v) is 13.3. The average molecular weight is 406 g/mol. The van der Waals surface area contributed by atoms with Gasteiger partial charge in [0.2, 0.25) is 0 Å². The van der Waals surface area contributed by atoms with Crippen molar-refractivity contribution in [3.05, 3.63) is 24.8 Å². The molecule has 0 heterocycles. The van der Waals surface area contributed by atoms with Crippen LogP contribution in [0.3, 0.4) is 0 Å². The minimum Gasteiger partial charge on any atom is -0.317 e. The summed E-state index contributed by atoms with van der Waals surface area (Å²) in [4.78, 5) is 0. The molecule has 1 N–H and O–H groups in total. The highest BCUT2D eigenvalue weighted by Gasteiger charge is 1.98. The molecule has 0 rings (SSSR count). The quantitative estimate of drug-likeness (QED) is 0.118. The Bertz CT molecular complexity index is 333. The molecule has 0 aromatic heterocycles. The minimum absolute atomic E-state index is 1.19. The Hall–Kier alpha value is -0.560. The molecular weight excluding hydrogens is 350 g/mol. The number of allylic oxidation sites excluding steroid dienone is 2. The fourth-order valence-electron chi connectivity index (χ4n) is 3.98. The van der Waals surface area contributed by atoms with Gasteiger partial charge in [0.05, 0.1) is 0 Å². The zero-order valence-corrected chi connectivity index (χ0v) is 20.3. The number of hydrogen-bond acceptors (Lipinski definition) is 1. The van der Waals surface area contributed by atoms with Crippen molar-refractivity contribution < 1.29 is 0 Å². The van der Waals surface area contributed by atoms with Gasteiger partial charge in [0, 0.05) is 0 Å². The predicted octanol–water partition coefficient (Wildman–Crippen LogP) is 9.53. The van der Waals surface area contributed by atoms with Crippen molar-refractivity contribution in [3.8, 4) is 0 Å². The molecule has 0 aliphatic rings. The highest BCUT2D eigenvalue weighted by molar-refractivity contribution is 4.93. The van der Waals surface area contributed by atoms with Crippen molar-refractivity contribution >= 4 is 0 Å². The Morgan fingerprint density at radius 3 is 1.48 bits per heavy atom. The van der Waals surface area contributed by atoms with Gasteiger partial charge in [-0.3, -0.25) is 0 Å². The van der Waals surface area contributed by atoms with E-state index in [1.54, 1.807) is 0 Å². The molecule has 0 aromatic carbocycles. The monoisotopic (exact) mass is 405 g/mol. The molecule has 1 nitrogen and oxygen atoms in total. The maximum Gasteiger partial charge on any atom is -0.00489 e. The summed E-state index contributed by atoms with van der Waals surface area (Å²) in [5.41, 5.74) is 1.50. The smallest absolute Gasteiger partial charge is 0.00489 e. The second kappa shape index (κ2) is 25.5. The normalized spacial score (nSPS) is 11.1. The van der Waals surface area contributed by atoms with Gasteiger partial charge >= 0.3 is 0 Å². The molecule has 1 heteroatoms. The highest BCUT2D eigenvalue weighted by Crippen LogP contribution is 2.17. The molecule has 29 heavy (non-hydrogen) atoms. The van der Waals surface area contributed by atoms with Crippen LogP contribution >= 0.6 is 0 Å². The van der Waals surface area contributed by atoms with Crippen LogP contribution in [0.15, 0.2) is 24.8 Å². The van der Waals surface area contributed by atoms with Crippen molar-refractivity contribution in [3.63, 3.8) is 0 Å². The molecular formula is C28H55N. The maximum absolute atomic E-state index is 4.30. The van der Waals surface area contributed by atoms with E-state index in [0.29, 0.717) is 0 Å². The van der Waals surface area contributed by atoms with E-state index in [1.807, 2.05) is 6.08 Å². The van der Waals surface area contributed by atoms with E-state index in [1.165, 1.54) is 153 Å². The fourth-order valence-corrected chi connectivity index (χ4v) is 3.98. The molecule has 0 fully saturated rings. The third-order valence-corrected chi connectivity index (χ3v) is 6.03. The van der Waals surface area contributed by atoms with Crippen molar-refractivity contribution in [1.29, 1.82) is 0 Å². The third-order valence-electron chi connectivity index (χ3n) is 6.03. The largest absolute Gasteiger partial charge is 0.317 e. The zero-order valence-electron chi connectivity index (χ0n) is 20.3. The van der Waals surface area contributed by atoms with Crippen LogP contribution in [0.25, 0.3) is 0 Å². The van der Waals surface area contributed by atoms with E-state index in [-0.39, 0.29) is 0 Å². The van der Waals surface area contributed by atoms with Crippen LogP contribution in [-0.2, 0) is 0 Å². The molecule has 0 saturated heterocycles. The lowest BCUT2D eigenvalue weighted by atomic mass is 10.0. The molecule has 0 atom stereocenters. The lowest BCUT2D eigenvalue weighted by Gasteiger charge is -2.07. The number of unbranched alkanes of at least 4 members (excludes halogenated alkanes) is 16. The molecule has 0 aliphatic carbocycles. The molecule has 0 radical (unpaired) electrons. The van der Waals surface area contributed by atoms with Gasteiger partial charge in [0.15, 0.2) is 0 Å². The Balaban J connectivity index is 3.13. The van der Waals surface area contributed by atoms with Gasteiger partial charge < -0.3 is 5.32 Å². The molecule has 0 unspecified atom stereocenters. The van der Waals surface area contributed by atoms with E-state index in [9.17, 15) is 0 Å². The van der Waals surface area contributed by atoms with Crippen molar-refractivity contribution in [2.45, 2.75) is 142 Å². The van der Waals surface area contributed by atoms with Gasteiger partial charge in [0.1, 0.15) is 0 Å². The summed E-state index contributed by atoms with van der Waals surface area (Å²) in [6, 6.07) is 0. The summed E-state index contributed by atoms with van der Waals surface area (Å²) in [5, 5.41) is 3.61. The minimum atomic E-state index is 1.19. The topological polar surface area (TPSA) is 12.0 Å². The predicted molar refractivity (Wildman–Crippen MR) is 135 cm³/mol. The first-order valence-electron chi connectivity index (χ1n) is 13.3. The molecule has 0 aliphatic heterocycles. The summed E-state index contributed by atoms with van der Waals surface area (Å²) < 4.78 is 0. The van der Waals surface area contributed by atoms with Crippen molar-refractivity contribution in [2.24, 2.45) is 0 Å². The standard InChI is InChI=1S/C28H55N/c1-4-6-8-10-12-13-16-20-24-28(3)25-21-17-15-19-23-27-29-26-22-18-14-11-9-7-5-2/h5,29H,2-4,6-27H2,1H3. The first-order chi connectivity index (χ1) is 14.3. The summed E-state index contributed by atoms with van der Waals surface area (Å²) in [6.45, 7) is 12.8. The van der Waals surface area contributed by atoms with Gasteiger partial charge in [-0.2, -0.15) is 0 Å². The molecule has 172 valence electrons. The zero-order chi connectivity index (χ0) is 21.3. The van der Waals surface area contributed by atoms with Crippen LogP contribution in [0.1, 0.15) is 142 Å². The van der Waals surface area contributed by atoms with Crippen LogP contribution in [0.4, 0.5) is 0 Å². The van der Waals surface area contributed by atoms with Gasteiger partial charge in [-0.05, 0) is 64.5 Å². The SMILES string of the molecule is C=CCCCCCCCNCCCCCCCC(=C)CCCCCCCCCC. The molecule has 0 saturated carbocycles. The fraction of sp³-hybridized carbons (Fsp3) is 0.857. The van der Waals surface area contributed by atoms with Crippen LogP contribution in [0.2, 0.25) is 0 Å². The first kappa shape index (κ1) is 28.4. The summed E-state index contributed by atoms with van der Waals surface area (Å²) in [7, 11) is 0. The summed E-state index contributed by atoms with van der Waals surface area (Å²) in [5.74, 6) is 0. The molecule has 0 spiro atoms. The summed E-state index contributed by atoms with van der Waals surface area (Å²) >= 11 is 0. The second-order valence-corrected chi connectivity index (χ2v) is 9.09. The van der Waals surface area contributed by atoms with Gasteiger partial charge in [-0.1, -0.05) is 109 Å². The van der Waals surface area contributed by atoms with E-state index in [0.717, 1.165) is 0 Å². The Kier molecular flexibility index (Phi) is 25.0. The van der Waals surface area contributed by atoms with Crippen LogP contribution in [-0.4, -0.2) is 13.1 Å². The Morgan fingerprint density at radius 1 is 0.586 bits per heavy atom. The van der Waals surface area contributed by atoms with E-state index in [4.69, 9.17) is 0 Å². The summed E-state index contributed by atoms with van der Waals surface area (Å²) in [6.07, 6.45) is 30.8. The van der Waals surface area contributed by atoms with Crippen LogP contribution in [0.5, 0.6) is 0 Å². The van der Waals surface area contributed by atoms with Crippen molar-refractivity contribution in [2.75, 3.05) is 13.1 Å². The Labute approximate surface area is 185 Å². The number of nitrogens with one attached hydrogen (secondary N) is 1. The van der Waals surface area contributed by atoms with Crippen LogP contribution < -0.4 is 5.32 Å². The van der Waals surface area contributed by atoms with E-state index < -0.39 is 0 Å².